The van der Waals surface area contributed by atoms with Gasteiger partial charge in [-0.2, -0.15) is 0 Å². The van der Waals surface area contributed by atoms with Gasteiger partial charge in [0.25, 0.3) is 5.91 Å². The first-order chi connectivity index (χ1) is 14.1. The summed E-state index contributed by atoms with van der Waals surface area (Å²) in [4.78, 5) is 39.3. The van der Waals surface area contributed by atoms with Gasteiger partial charge in [-0.25, -0.2) is 0 Å². The van der Waals surface area contributed by atoms with Crippen LogP contribution in [0.1, 0.15) is 35.3 Å². The molecular formula is C23H28ClN3O3. The van der Waals surface area contributed by atoms with Gasteiger partial charge in [0.05, 0.1) is 6.54 Å². The maximum Gasteiger partial charge on any atom is 0.251 e. The number of benzene rings is 2. The van der Waals surface area contributed by atoms with Gasteiger partial charge in [-0.1, -0.05) is 43.6 Å². The molecule has 0 aromatic heterocycles. The molecule has 0 aliphatic carbocycles. The number of para-hydroxylation sites is 1. The first-order valence-electron chi connectivity index (χ1n) is 9.77. The van der Waals surface area contributed by atoms with Crippen molar-refractivity contribution in [1.29, 1.82) is 0 Å². The molecule has 2 aromatic carbocycles. The van der Waals surface area contributed by atoms with Crippen molar-refractivity contribution in [2.24, 2.45) is 5.92 Å². The van der Waals surface area contributed by atoms with Gasteiger partial charge in [0.1, 0.15) is 6.04 Å². The summed E-state index contributed by atoms with van der Waals surface area (Å²) in [6.07, 6.45) is 0. The summed E-state index contributed by atoms with van der Waals surface area (Å²) >= 11 is 5.86. The predicted octanol–water partition coefficient (Wildman–Crippen LogP) is 3.81. The van der Waals surface area contributed by atoms with Crippen LogP contribution in [0.3, 0.4) is 0 Å². The molecule has 0 saturated heterocycles. The highest BCUT2D eigenvalue weighted by atomic mass is 35.5. The maximum atomic E-state index is 12.9. The van der Waals surface area contributed by atoms with E-state index in [0.717, 1.165) is 16.8 Å². The zero-order valence-electron chi connectivity index (χ0n) is 18.0. The third kappa shape index (κ3) is 6.07. The number of carbonyl (C=O) groups is 3. The van der Waals surface area contributed by atoms with E-state index in [0.29, 0.717) is 10.6 Å². The van der Waals surface area contributed by atoms with Gasteiger partial charge in [0.2, 0.25) is 11.8 Å². The lowest BCUT2D eigenvalue weighted by Gasteiger charge is -2.27. The van der Waals surface area contributed by atoms with Crippen LogP contribution in [-0.2, 0) is 9.59 Å². The van der Waals surface area contributed by atoms with Crippen LogP contribution in [0.25, 0.3) is 0 Å². The molecule has 2 aromatic rings. The van der Waals surface area contributed by atoms with E-state index in [1.807, 2.05) is 45.9 Å². The minimum Gasteiger partial charge on any atom is -0.340 e. The van der Waals surface area contributed by atoms with Crippen molar-refractivity contribution in [3.05, 3.63) is 64.2 Å². The van der Waals surface area contributed by atoms with Crippen LogP contribution in [0.2, 0.25) is 5.02 Å². The molecule has 2 N–H and O–H groups in total. The normalized spacial score (nSPS) is 11.7. The summed E-state index contributed by atoms with van der Waals surface area (Å²) in [5.74, 6) is -1.15. The Morgan fingerprint density at radius 2 is 1.57 bits per heavy atom. The lowest BCUT2D eigenvalue weighted by atomic mass is 10.0. The third-order valence-electron chi connectivity index (χ3n) is 4.83. The zero-order valence-corrected chi connectivity index (χ0v) is 18.7. The van der Waals surface area contributed by atoms with Crippen LogP contribution in [0.5, 0.6) is 0 Å². The van der Waals surface area contributed by atoms with Crippen molar-refractivity contribution in [1.82, 2.24) is 10.2 Å². The Morgan fingerprint density at radius 1 is 1.00 bits per heavy atom. The Balaban J connectivity index is 2.04. The molecule has 0 bridgehead atoms. The molecule has 0 spiro atoms. The SMILES string of the molecule is Cc1cccc(C)c1NC(=O)CN(C)C(=O)C(NC(=O)c1ccc(Cl)cc1)C(C)C. The molecule has 1 unspecified atom stereocenters. The largest absolute Gasteiger partial charge is 0.340 e. The number of hydrogen-bond donors (Lipinski definition) is 2. The molecule has 7 heteroatoms. The van der Waals surface area contributed by atoms with Gasteiger partial charge in [-0.05, 0) is 55.2 Å². The lowest BCUT2D eigenvalue weighted by molar-refractivity contribution is -0.135. The number of halogens is 1. The van der Waals surface area contributed by atoms with Gasteiger partial charge in [-0.3, -0.25) is 14.4 Å². The van der Waals surface area contributed by atoms with Crippen molar-refractivity contribution in [3.8, 4) is 0 Å². The predicted molar refractivity (Wildman–Crippen MR) is 120 cm³/mol. The minimum absolute atomic E-state index is 0.118. The van der Waals surface area contributed by atoms with Gasteiger partial charge < -0.3 is 15.5 Å². The number of nitrogens with one attached hydrogen (secondary N) is 2. The third-order valence-corrected chi connectivity index (χ3v) is 5.08. The average Bonchev–Trinajstić information content (AvgIpc) is 2.68. The summed E-state index contributed by atoms with van der Waals surface area (Å²) in [7, 11) is 1.55. The fraction of sp³-hybridized carbons (Fsp3) is 0.348. The van der Waals surface area contributed by atoms with Gasteiger partial charge in [-0.15, -0.1) is 0 Å². The second-order valence-electron chi connectivity index (χ2n) is 7.71. The van der Waals surface area contributed by atoms with E-state index in [4.69, 9.17) is 11.6 Å². The lowest BCUT2D eigenvalue weighted by Crippen LogP contribution is -2.51. The van der Waals surface area contributed by atoms with Crippen LogP contribution < -0.4 is 10.6 Å². The Kier molecular flexibility index (Phi) is 8.00. The summed E-state index contributed by atoms with van der Waals surface area (Å²) < 4.78 is 0. The van der Waals surface area contributed by atoms with Crippen LogP contribution in [0, 0.1) is 19.8 Å². The van der Waals surface area contributed by atoms with Crippen LogP contribution in [0.15, 0.2) is 42.5 Å². The topological polar surface area (TPSA) is 78.5 Å². The van der Waals surface area contributed by atoms with Gasteiger partial charge in [0.15, 0.2) is 0 Å². The average molecular weight is 430 g/mol. The Bertz CT molecular complexity index is 906. The number of aryl methyl sites for hydroxylation is 2. The standard InChI is InChI=1S/C23H28ClN3O3/c1-14(2)20(26-22(29)17-9-11-18(24)12-10-17)23(30)27(5)13-19(28)25-21-15(3)7-6-8-16(21)4/h6-12,14,20H,13H2,1-5H3,(H,25,28)(H,26,29). The van der Waals surface area contributed by atoms with Crippen LogP contribution in [-0.4, -0.2) is 42.3 Å². The number of amides is 3. The number of anilines is 1. The Labute approximate surface area is 182 Å². The zero-order chi connectivity index (χ0) is 22.4. The Hall–Kier alpha value is -2.86. The van der Waals surface area contributed by atoms with E-state index in [2.05, 4.69) is 10.6 Å². The number of rotatable bonds is 7. The second kappa shape index (κ2) is 10.3. The van der Waals surface area contributed by atoms with Crippen molar-refractivity contribution in [3.63, 3.8) is 0 Å². The van der Waals surface area contributed by atoms with Crippen LogP contribution in [0.4, 0.5) is 5.69 Å². The van der Waals surface area contributed by atoms with Gasteiger partial charge in [0, 0.05) is 23.3 Å². The van der Waals surface area contributed by atoms with E-state index in [1.165, 1.54) is 4.90 Å². The summed E-state index contributed by atoms with van der Waals surface area (Å²) in [6.45, 7) is 7.40. The highest BCUT2D eigenvalue weighted by Gasteiger charge is 2.28. The van der Waals surface area contributed by atoms with Crippen molar-refractivity contribution in [2.45, 2.75) is 33.7 Å². The van der Waals surface area contributed by atoms with Crippen molar-refractivity contribution >= 4 is 35.0 Å². The second-order valence-corrected chi connectivity index (χ2v) is 8.15. The van der Waals surface area contributed by atoms with Crippen LogP contribution >= 0.6 is 11.6 Å². The molecule has 0 saturated carbocycles. The van der Waals surface area contributed by atoms with E-state index in [1.54, 1.807) is 31.3 Å². The van der Waals surface area contributed by atoms with Crippen molar-refractivity contribution < 1.29 is 14.4 Å². The fourth-order valence-electron chi connectivity index (χ4n) is 3.06. The molecule has 0 heterocycles. The molecule has 6 nitrogen and oxygen atoms in total. The fourth-order valence-corrected chi connectivity index (χ4v) is 3.19. The van der Waals surface area contributed by atoms with E-state index in [-0.39, 0.29) is 30.2 Å². The first-order valence-corrected chi connectivity index (χ1v) is 10.2. The maximum absolute atomic E-state index is 12.9. The molecular weight excluding hydrogens is 402 g/mol. The quantitative estimate of drug-likeness (QED) is 0.702. The molecule has 3 amide bonds. The first kappa shape index (κ1) is 23.4. The Morgan fingerprint density at radius 3 is 2.10 bits per heavy atom. The summed E-state index contributed by atoms with van der Waals surface area (Å²) in [5.41, 5.74) is 3.06. The number of likely N-dealkylation sites (N-methyl/N-ethyl adjacent to an activating group) is 1. The molecule has 1 atom stereocenters. The smallest absolute Gasteiger partial charge is 0.251 e. The number of hydrogen-bond acceptors (Lipinski definition) is 3. The molecule has 0 fully saturated rings. The molecule has 160 valence electrons. The molecule has 0 radical (unpaired) electrons. The highest BCUT2D eigenvalue weighted by Crippen LogP contribution is 2.19. The minimum atomic E-state index is -0.758. The number of nitrogens with zero attached hydrogens (tertiary/aromatic N) is 1. The van der Waals surface area contributed by atoms with Gasteiger partial charge >= 0.3 is 0 Å². The molecule has 2 rings (SSSR count). The van der Waals surface area contributed by atoms with E-state index in [9.17, 15) is 14.4 Å². The van der Waals surface area contributed by atoms with E-state index >= 15 is 0 Å². The monoisotopic (exact) mass is 429 g/mol. The summed E-state index contributed by atoms with van der Waals surface area (Å²) in [6, 6.07) is 11.4. The molecule has 0 aliphatic rings. The van der Waals surface area contributed by atoms with Crippen molar-refractivity contribution in [2.75, 3.05) is 18.9 Å². The van der Waals surface area contributed by atoms with E-state index < -0.39 is 6.04 Å². The summed E-state index contributed by atoms with van der Waals surface area (Å²) in [5, 5.41) is 6.17. The number of carbonyl (C=O) groups excluding carboxylic acids is 3. The molecule has 0 aliphatic heterocycles. The highest BCUT2D eigenvalue weighted by molar-refractivity contribution is 6.30. The molecule has 30 heavy (non-hydrogen) atoms.